The maximum Gasteiger partial charge on any atom is 0.204 e. The minimum Gasteiger partial charge on any atom is -0.494 e. The summed E-state index contributed by atoms with van der Waals surface area (Å²) in [5.41, 5.74) is 8.68. The Labute approximate surface area is 245 Å². The van der Waals surface area contributed by atoms with E-state index >= 15 is 0 Å². The number of rotatable bonds is 12. The molecule has 1 N–H and O–H groups in total. The lowest BCUT2D eigenvalue weighted by molar-refractivity contribution is -0.903. The van der Waals surface area contributed by atoms with Crippen molar-refractivity contribution >= 4 is 10.8 Å². The molecule has 0 fully saturated rings. The van der Waals surface area contributed by atoms with Crippen LogP contribution in [0.4, 0.5) is 0 Å². The molecule has 0 amide bonds. The lowest BCUT2D eigenvalue weighted by Crippen LogP contribution is -2.39. The van der Waals surface area contributed by atoms with Gasteiger partial charge < -0.3 is 28.4 Å². The average Bonchev–Trinajstić information content (AvgIpc) is 3.13. The number of aryl methyl sites for hydroxylation is 4. The second-order valence-electron chi connectivity index (χ2n) is 12.2. The van der Waals surface area contributed by atoms with E-state index in [2.05, 4.69) is 82.8 Å². The van der Waals surface area contributed by atoms with Crippen LogP contribution in [0.2, 0.25) is 0 Å². The second kappa shape index (κ2) is 12.5. The van der Waals surface area contributed by atoms with Crippen molar-refractivity contribution < 1.29 is 23.8 Å². The number of nitrogens with zero attached hydrogens (tertiary/aromatic N) is 2. The molecule has 0 aliphatic carbocycles. The topological polar surface area (TPSA) is 52.9 Å². The molecule has 4 aromatic rings. The van der Waals surface area contributed by atoms with E-state index in [0.29, 0.717) is 35.6 Å². The summed E-state index contributed by atoms with van der Waals surface area (Å²) in [6.07, 6.45) is 2.65. The average molecular weight is 560 g/mol. The molecule has 6 heteroatoms. The number of quaternary nitrogens is 1. The van der Waals surface area contributed by atoms with Crippen molar-refractivity contribution in [1.29, 1.82) is 0 Å². The van der Waals surface area contributed by atoms with Crippen LogP contribution in [-0.4, -0.2) is 56.1 Å². The van der Waals surface area contributed by atoms with Crippen molar-refractivity contribution in [3.63, 3.8) is 0 Å². The summed E-state index contributed by atoms with van der Waals surface area (Å²) in [7, 11) is 9.46. The van der Waals surface area contributed by atoms with Gasteiger partial charge in [0.25, 0.3) is 0 Å². The van der Waals surface area contributed by atoms with Crippen LogP contribution in [0, 0.1) is 27.7 Å². The smallest absolute Gasteiger partial charge is 0.204 e. The standard InChI is InChI=1S/C35H46N2O4/c1-23-14-24(2)17-27(16-23)20-30-32-29(21-31(39-7)33(40-8)34(32)41-9)35(38)36(30)12-10-11-13-37(5,6)22-28-18-25(3)15-26(4)19-28/h14-19,21H,10-13,20,22H2,1-9H3/p+1. The van der Waals surface area contributed by atoms with Crippen LogP contribution in [-0.2, 0) is 19.5 Å². The Morgan fingerprint density at radius 3 is 1.80 bits per heavy atom. The Balaban J connectivity index is 1.65. The number of methoxy groups -OCH3 is 3. The van der Waals surface area contributed by atoms with Crippen LogP contribution in [0.15, 0.2) is 42.5 Å². The molecule has 1 heterocycles. The number of ether oxygens (including phenoxy) is 3. The van der Waals surface area contributed by atoms with Gasteiger partial charge in [0, 0.05) is 24.2 Å². The first-order valence-electron chi connectivity index (χ1n) is 14.5. The van der Waals surface area contributed by atoms with Crippen LogP contribution < -0.4 is 14.2 Å². The molecular formula is C35H47N2O4+. The summed E-state index contributed by atoms with van der Waals surface area (Å²) < 4.78 is 20.2. The molecule has 0 unspecified atom stereocenters. The van der Waals surface area contributed by atoms with Gasteiger partial charge in [-0.3, -0.25) is 0 Å². The Morgan fingerprint density at radius 1 is 0.707 bits per heavy atom. The van der Waals surface area contributed by atoms with Crippen molar-refractivity contribution in [2.75, 3.05) is 42.0 Å². The van der Waals surface area contributed by atoms with E-state index in [1.54, 1.807) is 21.3 Å². The van der Waals surface area contributed by atoms with Gasteiger partial charge in [0.15, 0.2) is 17.4 Å². The zero-order chi connectivity index (χ0) is 29.9. The van der Waals surface area contributed by atoms with Crippen molar-refractivity contribution in [2.45, 2.75) is 60.0 Å². The number of hydrogen-bond acceptors (Lipinski definition) is 4. The Bertz CT molecular complexity index is 1490. The van der Waals surface area contributed by atoms with E-state index in [4.69, 9.17) is 14.2 Å². The molecule has 0 bridgehead atoms. The Hall–Kier alpha value is -3.64. The number of unbranched alkanes of at least 4 members (excludes halogenated alkanes) is 1. The number of fused-ring (bicyclic) bond motifs is 1. The maximum atomic E-state index is 11.6. The zero-order valence-corrected chi connectivity index (χ0v) is 26.4. The minimum absolute atomic E-state index is 0.239. The maximum absolute atomic E-state index is 11.6. The van der Waals surface area contributed by atoms with E-state index in [1.165, 1.54) is 33.4 Å². The first-order chi connectivity index (χ1) is 19.5. The first kappa shape index (κ1) is 30.3. The van der Waals surface area contributed by atoms with Crippen molar-refractivity contribution in [3.05, 3.63) is 81.5 Å². The Kier molecular flexibility index (Phi) is 9.23. The van der Waals surface area contributed by atoms with Crippen LogP contribution in [0.5, 0.6) is 23.1 Å². The molecule has 0 saturated carbocycles. The molecule has 3 aromatic carbocycles. The van der Waals surface area contributed by atoms with Gasteiger partial charge in [0.2, 0.25) is 5.75 Å². The SMILES string of the molecule is COc1cc2c(O)n(CCCC[N+](C)(C)Cc3cc(C)cc(C)c3)c(Cc3cc(C)cc(C)c3)c2c(OC)c1OC. The van der Waals surface area contributed by atoms with Crippen molar-refractivity contribution in [1.82, 2.24) is 4.57 Å². The quantitative estimate of drug-likeness (QED) is 0.147. The summed E-state index contributed by atoms with van der Waals surface area (Å²) >= 11 is 0. The van der Waals surface area contributed by atoms with Crippen LogP contribution >= 0.6 is 0 Å². The summed E-state index contributed by atoms with van der Waals surface area (Å²) in [5, 5.41) is 13.2. The highest BCUT2D eigenvalue weighted by Gasteiger charge is 2.26. The van der Waals surface area contributed by atoms with Crippen molar-refractivity contribution in [3.8, 4) is 23.1 Å². The molecule has 0 atom stereocenters. The van der Waals surface area contributed by atoms with Gasteiger partial charge in [0.05, 0.1) is 52.7 Å². The second-order valence-corrected chi connectivity index (χ2v) is 12.2. The fourth-order valence-corrected chi connectivity index (χ4v) is 6.36. The van der Waals surface area contributed by atoms with Crippen LogP contribution in [0.3, 0.4) is 0 Å². The highest BCUT2D eigenvalue weighted by atomic mass is 16.5. The fourth-order valence-electron chi connectivity index (χ4n) is 6.36. The van der Waals surface area contributed by atoms with Crippen LogP contribution in [0.25, 0.3) is 10.8 Å². The first-order valence-corrected chi connectivity index (χ1v) is 14.5. The molecule has 220 valence electrons. The predicted molar refractivity (Wildman–Crippen MR) is 168 cm³/mol. The predicted octanol–water partition coefficient (Wildman–Crippen LogP) is 7.25. The summed E-state index contributed by atoms with van der Waals surface area (Å²) in [5.74, 6) is 1.89. The van der Waals surface area contributed by atoms with Crippen molar-refractivity contribution in [2.24, 2.45) is 0 Å². The third kappa shape index (κ3) is 6.82. The number of hydrogen-bond donors (Lipinski definition) is 1. The molecular weight excluding hydrogens is 512 g/mol. The van der Waals surface area contributed by atoms with E-state index in [0.717, 1.165) is 41.5 Å². The molecule has 0 radical (unpaired) electrons. The minimum atomic E-state index is 0.239. The van der Waals surface area contributed by atoms with Gasteiger partial charge in [-0.05, 0) is 52.2 Å². The van der Waals surface area contributed by atoms with Gasteiger partial charge in [0.1, 0.15) is 6.54 Å². The summed E-state index contributed by atoms with van der Waals surface area (Å²) in [6.45, 7) is 11.3. The zero-order valence-electron chi connectivity index (χ0n) is 26.4. The van der Waals surface area contributed by atoms with Gasteiger partial charge in [-0.1, -0.05) is 58.7 Å². The summed E-state index contributed by atoms with van der Waals surface area (Å²) in [4.78, 5) is 0. The molecule has 0 aliphatic heterocycles. The van der Waals surface area contributed by atoms with E-state index in [-0.39, 0.29) is 5.88 Å². The van der Waals surface area contributed by atoms with Gasteiger partial charge >= 0.3 is 0 Å². The lowest BCUT2D eigenvalue weighted by Gasteiger charge is -2.30. The van der Waals surface area contributed by atoms with Crippen LogP contribution in [0.1, 0.15) is 51.9 Å². The van der Waals surface area contributed by atoms with E-state index < -0.39 is 0 Å². The van der Waals surface area contributed by atoms with Gasteiger partial charge in [-0.15, -0.1) is 0 Å². The number of aromatic hydroxyl groups is 1. The van der Waals surface area contributed by atoms with Gasteiger partial charge in [-0.25, -0.2) is 0 Å². The third-order valence-corrected chi connectivity index (χ3v) is 7.88. The lowest BCUT2D eigenvalue weighted by atomic mass is 10.0. The molecule has 1 aromatic heterocycles. The third-order valence-electron chi connectivity index (χ3n) is 7.88. The molecule has 0 aliphatic rings. The molecule has 4 rings (SSSR count). The monoisotopic (exact) mass is 559 g/mol. The molecule has 41 heavy (non-hydrogen) atoms. The van der Waals surface area contributed by atoms with E-state index in [9.17, 15) is 5.11 Å². The highest BCUT2D eigenvalue weighted by Crippen LogP contribution is 2.49. The Morgan fingerprint density at radius 2 is 1.27 bits per heavy atom. The molecule has 0 saturated heterocycles. The number of benzene rings is 3. The fraction of sp³-hybridized carbons (Fsp3) is 0.429. The summed E-state index contributed by atoms with van der Waals surface area (Å²) in [6, 6.07) is 15.3. The molecule has 6 nitrogen and oxygen atoms in total. The van der Waals surface area contributed by atoms with E-state index in [1.807, 2.05) is 6.07 Å². The largest absolute Gasteiger partial charge is 0.494 e. The number of aromatic nitrogens is 1. The molecule has 0 spiro atoms. The highest BCUT2D eigenvalue weighted by molar-refractivity contribution is 5.99. The normalized spacial score (nSPS) is 11.7. The van der Waals surface area contributed by atoms with Gasteiger partial charge in [-0.2, -0.15) is 0 Å².